The van der Waals surface area contributed by atoms with Crippen LogP contribution in [-0.2, 0) is 41.0 Å². The van der Waals surface area contributed by atoms with Crippen molar-refractivity contribution in [1.82, 2.24) is 0 Å². The largest absolute Gasteiger partial charge is 0.497 e. The fraction of sp³-hybridized carbons (Fsp3) is 0.392. The number of aliphatic hydroxyl groups is 1. The van der Waals surface area contributed by atoms with E-state index in [1.54, 1.807) is 14.2 Å². The minimum atomic E-state index is -0.865. The minimum absolute atomic E-state index is 0.0838. The monoisotopic (exact) mass is 1180 g/mol. The summed E-state index contributed by atoms with van der Waals surface area (Å²) in [5, 5.41) is 11.6. The van der Waals surface area contributed by atoms with Crippen molar-refractivity contribution in [2.24, 2.45) is 11.8 Å². The maximum Gasteiger partial charge on any atom is 0.119 e. The molecule has 1 N–H and O–H groups in total. The van der Waals surface area contributed by atoms with Gasteiger partial charge in [0.1, 0.15) is 54.5 Å². The lowest BCUT2D eigenvalue weighted by atomic mass is 9.58. The van der Waals surface area contributed by atoms with Crippen molar-refractivity contribution >= 4 is 0 Å². The van der Waals surface area contributed by atoms with E-state index in [1.165, 1.54) is 71.9 Å². The Labute approximate surface area is 522 Å². The topological polar surface area (TPSA) is 101 Å². The fourth-order valence-corrected chi connectivity index (χ4v) is 14.3. The van der Waals surface area contributed by atoms with Crippen molar-refractivity contribution in [3.8, 4) is 45.3 Å². The number of rotatable bonds is 26. The second-order valence-corrected chi connectivity index (χ2v) is 25.9. The zero-order valence-corrected chi connectivity index (χ0v) is 52.4. The van der Waals surface area contributed by atoms with Gasteiger partial charge < -0.3 is 43.0 Å². The van der Waals surface area contributed by atoms with Crippen molar-refractivity contribution in [2.45, 2.75) is 132 Å². The number of epoxide rings is 2. The fourth-order valence-electron chi connectivity index (χ4n) is 14.3. The lowest BCUT2D eigenvalue weighted by molar-refractivity contribution is -0.0717. The van der Waals surface area contributed by atoms with Gasteiger partial charge in [0.05, 0.1) is 51.8 Å². The van der Waals surface area contributed by atoms with Gasteiger partial charge in [-0.2, -0.15) is 0 Å². The molecule has 2 aliphatic heterocycles. The highest BCUT2D eigenvalue weighted by Crippen LogP contribution is 2.53. The summed E-state index contributed by atoms with van der Waals surface area (Å²) in [7, 11) is 3.41. The quantitative estimate of drug-likeness (QED) is 0.0420. The molecule has 2 saturated carbocycles. The maximum absolute atomic E-state index is 11.6. The van der Waals surface area contributed by atoms with Gasteiger partial charge in [-0.15, -0.1) is 0 Å². The van der Waals surface area contributed by atoms with Gasteiger partial charge in [0.15, 0.2) is 0 Å². The summed E-state index contributed by atoms with van der Waals surface area (Å²) in [5.41, 5.74) is 12.2. The molecule has 88 heavy (non-hydrogen) atoms. The highest BCUT2D eigenvalue weighted by Gasteiger charge is 2.46. The Morgan fingerprint density at radius 1 is 0.364 bits per heavy atom. The van der Waals surface area contributed by atoms with E-state index in [-0.39, 0.29) is 25.4 Å². The first kappa shape index (κ1) is 61.0. The number of hydrogen-bond acceptors (Lipinski definition) is 9. The molecule has 9 heteroatoms. The van der Waals surface area contributed by atoms with Crippen molar-refractivity contribution in [2.75, 3.05) is 53.9 Å². The zero-order valence-electron chi connectivity index (χ0n) is 52.4. The van der Waals surface area contributed by atoms with Crippen LogP contribution in [0.25, 0.3) is 22.3 Å². The van der Waals surface area contributed by atoms with Crippen LogP contribution in [-0.4, -0.2) is 77.3 Å². The van der Waals surface area contributed by atoms with E-state index in [0.29, 0.717) is 30.8 Å². The molecule has 2 saturated heterocycles. The van der Waals surface area contributed by atoms with Crippen LogP contribution in [0.5, 0.6) is 23.0 Å². The van der Waals surface area contributed by atoms with Crippen LogP contribution >= 0.6 is 0 Å². The number of ether oxygens (including phenoxy) is 8. The van der Waals surface area contributed by atoms with Crippen molar-refractivity contribution in [3.05, 3.63) is 239 Å². The van der Waals surface area contributed by atoms with Gasteiger partial charge in [0.25, 0.3) is 0 Å². The molecule has 4 fully saturated rings. The molecule has 458 valence electrons. The smallest absolute Gasteiger partial charge is 0.119 e. The molecule has 12 rings (SSSR count). The molecule has 8 aromatic carbocycles. The first-order valence-corrected chi connectivity index (χ1v) is 32.2. The van der Waals surface area contributed by atoms with Gasteiger partial charge in [0, 0.05) is 10.8 Å². The third-order valence-electron chi connectivity index (χ3n) is 19.6. The number of methoxy groups -OCH3 is 2. The summed E-state index contributed by atoms with van der Waals surface area (Å²) >= 11 is 0. The third-order valence-corrected chi connectivity index (χ3v) is 19.6. The second kappa shape index (κ2) is 26.8. The highest BCUT2D eigenvalue weighted by molar-refractivity contribution is 5.67. The van der Waals surface area contributed by atoms with Crippen LogP contribution in [0.4, 0.5) is 0 Å². The summed E-state index contributed by atoms with van der Waals surface area (Å²) in [6.45, 7) is 11.3. The van der Waals surface area contributed by atoms with E-state index in [0.717, 1.165) is 89.5 Å². The molecule has 2 heterocycles. The first-order chi connectivity index (χ1) is 42.8. The molecule has 5 atom stereocenters. The van der Waals surface area contributed by atoms with Crippen LogP contribution < -0.4 is 18.9 Å². The molecular formula is C79H88O9. The lowest BCUT2D eigenvalue weighted by Crippen LogP contribution is -2.39. The van der Waals surface area contributed by atoms with Crippen LogP contribution in [0.2, 0.25) is 0 Å². The van der Waals surface area contributed by atoms with Crippen molar-refractivity contribution in [3.63, 3.8) is 0 Å². The van der Waals surface area contributed by atoms with Crippen LogP contribution in [0, 0.1) is 11.8 Å². The van der Waals surface area contributed by atoms with E-state index in [9.17, 15) is 5.11 Å². The Morgan fingerprint density at radius 2 is 0.659 bits per heavy atom. The molecule has 0 spiro atoms. The van der Waals surface area contributed by atoms with Gasteiger partial charge in [0.2, 0.25) is 0 Å². The Morgan fingerprint density at radius 3 is 1.02 bits per heavy atom. The first-order valence-electron chi connectivity index (χ1n) is 32.2. The SMILES string of the molecule is COc1ccc(-c2ccc(C(c3ccc(OCC4CO4)cc3)(c3ccc(C(C)(C)OCC(O)COc4ccc(C(c5ccc(-c6ccc(OC)cc6)cc5)(c5ccc(C(C)(C)OCC6CO6)cc5)C5CCCCC5)cc4)cc3)C3CCCCC3)cc2)cc1. The average molecular weight is 1180 g/mol. The van der Waals surface area contributed by atoms with Crippen molar-refractivity contribution in [1.29, 1.82) is 0 Å². The molecular weight excluding hydrogens is 1090 g/mol. The van der Waals surface area contributed by atoms with Crippen molar-refractivity contribution < 1.29 is 43.0 Å². The summed E-state index contributed by atoms with van der Waals surface area (Å²) in [5.74, 6) is 3.96. The van der Waals surface area contributed by atoms with Crippen LogP contribution in [0.15, 0.2) is 194 Å². The molecule has 0 aromatic heterocycles. The van der Waals surface area contributed by atoms with Gasteiger partial charge in [-0.05, 0) is 181 Å². The minimum Gasteiger partial charge on any atom is -0.497 e. The predicted octanol–water partition coefficient (Wildman–Crippen LogP) is 17.0. The zero-order chi connectivity index (χ0) is 60.7. The van der Waals surface area contributed by atoms with E-state index in [2.05, 4.69) is 198 Å². The Kier molecular flexibility index (Phi) is 18.6. The summed E-state index contributed by atoms with van der Waals surface area (Å²) in [6, 6.07) is 70.9. The van der Waals surface area contributed by atoms with Crippen LogP contribution in [0.1, 0.15) is 136 Å². The standard InChI is InChI=1S/C79H88O9/c1-76(2,59-29-33-65(34-30-59)79(62-15-11-8-12-16-62,68-39-47-73(48-40-68)84-51-74-52-85-74)64-27-19-56(20-28-64)58-23-43-71(82-6)44-24-58)87-50-69(80)49-83-72-45-37-67(38-46-72)78(61-13-9-7-10-14-61,63-25-17-55(18-26-63)57-21-41-70(81-5)42-22-57)66-35-31-60(32-36-66)77(3,4)88-54-75-53-86-75/h17-48,61-62,69,74-75,80H,7-16,49-54H2,1-6H3. The molecule has 5 unspecified atom stereocenters. The summed E-state index contributed by atoms with van der Waals surface area (Å²) in [4.78, 5) is 0. The molecule has 2 aliphatic carbocycles. The van der Waals surface area contributed by atoms with Gasteiger partial charge in [-0.1, -0.05) is 184 Å². The predicted molar refractivity (Wildman–Crippen MR) is 350 cm³/mol. The summed E-state index contributed by atoms with van der Waals surface area (Å²) in [6.07, 6.45) is 11.3. The Balaban J connectivity index is 0.781. The normalized spacial score (nSPS) is 19.0. The van der Waals surface area contributed by atoms with Gasteiger partial charge >= 0.3 is 0 Å². The molecule has 4 aliphatic rings. The Hall–Kier alpha value is -7.24. The molecule has 8 aromatic rings. The molecule has 0 amide bonds. The second-order valence-electron chi connectivity index (χ2n) is 25.9. The van der Waals surface area contributed by atoms with Gasteiger partial charge in [-0.25, -0.2) is 0 Å². The van der Waals surface area contributed by atoms with E-state index >= 15 is 0 Å². The number of aliphatic hydroxyl groups excluding tert-OH is 1. The highest BCUT2D eigenvalue weighted by atomic mass is 16.6. The average Bonchev–Trinajstić information content (AvgIpc) is 1.45. The number of benzene rings is 8. The maximum atomic E-state index is 11.6. The Bertz CT molecular complexity index is 3490. The molecule has 9 nitrogen and oxygen atoms in total. The lowest BCUT2D eigenvalue weighted by Gasteiger charge is -2.45. The van der Waals surface area contributed by atoms with E-state index in [1.807, 2.05) is 24.3 Å². The summed E-state index contributed by atoms with van der Waals surface area (Å²) < 4.78 is 47.6. The van der Waals surface area contributed by atoms with Gasteiger partial charge in [-0.3, -0.25) is 0 Å². The third kappa shape index (κ3) is 13.4. The molecule has 0 radical (unpaired) electrons. The van der Waals surface area contributed by atoms with E-state index < -0.39 is 28.1 Å². The molecule has 0 bridgehead atoms. The van der Waals surface area contributed by atoms with Crippen LogP contribution in [0.3, 0.4) is 0 Å². The number of hydrogen-bond donors (Lipinski definition) is 1. The van der Waals surface area contributed by atoms with E-state index in [4.69, 9.17) is 37.9 Å².